The van der Waals surface area contributed by atoms with Crippen molar-refractivity contribution in [2.45, 2.75) is 18.7 Å². The molecule has 0 atom stereocenters. The number of rotatable bonds is 5. The van der Waals surface area contributed by atoms with Gasteiger partial charge in [-0.3, -0.25) is 4.72 Å². The van der Waals surface area contributed by atoms with Crippen LogP contribution in [0, 0.1) is 13.8 Å². The van der Waals surface area contributed by atoms with Gasteiger partial charge in [-0.1, -0.05) is 36.4 Å². The standard InChI is InChI=1S/C22H20N4O2S/c1-15-12-16(2)14-17(13-15)23-21-22(25-20-11-7-6-10-19(20)24-21)26-29(27,28)18-8-4-3-5-9-18/h3-14H,1-2H3,(H,23,24)(H,25,26). The molecule has 4 aromatic rings. The maximum Gasteiger partial charge on any atom is 0.263 e. The third kappa shape index (κ3) is 4.20. The first kappa shape index (κ1) is 18.9. The van der Waals surface area contributed by atoms with E-state index in [4.69, 9.17) is 0 Å². The molecule has 0 saturated carbocycles. The van der Waals surface area contributed by atoms with Gasteiger partial charge in [-0.05, 0) is 61.4 Å². The van der Waals surface area contributed by atoms with Gasteiger partial charge in [0.25, 0.3) is 10.0 Å². The minimum absolute atomic E-state index is 0.145. The van der Waals surface area contributed by atoms with Gasteiger partial charge in [0.1, 0.15) is 0 Å². The minimum atomic E-state index is -3.81. The number of benzene rings is 3. The van der Waals surface area contributed by atoms with Crippen molar-refractivity contribution in [1.82, 2.24) is 9.97 Å². The van der Waals surface area contributed by atoms with Gasteiger partial charge in [0.05, 0.1) is 15.9 Å². The predicted molar refractivity (Wildman–Crippen MR) is 116 cm³/mol. The average molecular weight is 404 g/mol. The molecule has 6 nitrogen and oxygen atoms in total. The van der Waals surface area contributed by atoms with Gasteiger partial charge < -0.3 is 5.32 Å². The van der Waals surface area contributed by atoms with Gasteiger partial charge in [0.15, 0.2) is 11.6 Å². The van der Waals surface area contributed by atoms with Crippen molar-refractivity contribution in [3.05, 3.63) is 83.9 Å². The Morgan fingerprint density at radius 3 is 1.90 bits per heavy atom. The van der Waals surface area contributed by atoms with Crippen LogP contribution in [0.5, 0.6) is 0 Å². The van der Waals surface area contributed by atoms with Crippen molar-refractivity contribution >= 4 is 38.4 Å². The summed E-state index contributed by atoms with van der Waals surface area (Å²) in [6.45, 7) is 4.01. The molecule has 0 unspecified atom stereocenters. The summed E-state index contributed by atoms with van der Waals surface area (Å²) in [4.78, 5) is 9.28. The Kier molecular flexibility index (Phi) is 4.90. The number of nitrogens with zero attached hydrogens (tertiary/aromatic N) is 2. The van der Waals surface area contributed by atoms with E-state index in [2.05, 4.69) is 26.1 Å². The summed E-state index contributed by atoms with van der Waals surface area (Å²) in [7, 11) is -3.81. The fourth-order valence-electron chi connectivity index (χ4n) is 3.13. The summed E-state index contributed by atoms with van der Waals surface area (Å²) < 4.78 is 28.3. The number of aryl methyl sites for hydroxylation is 2. The van der Waals surface area contributed by atoms with Gasteiger partial charge in [0, 0.05) is 5.69 Å². The Balaban J connectivity index is 1.80. The van der Waals surface area contributed by atoms with Crippen LogP contribution in [-0.4, -0.2) is 18.4 Å². The van der Waals surface area contributed by atoms with E-state index in [1.807, 2.05) is 44.2 Å². The number of sulfonamides is 1. The fraction of sp³-hybridized carbons (Fsp3) is 0.0909. The summed E-state index contributed by atoms with van der Waals surface area (Å²) in [5.41, 5.74) is 4.26. The lowest BCUT2D eigenvalue weighted by Crippen LogP contribution is -2.16. The Labute approximate surface area is 169 Å². The molecule has 0 amide bonds. The number of hydrogen-bond acceptors (Lipinski definition) is 5. The molecule has 0 fully saturated rings. The molecule has 146 valence electrons. The van der Waals surface area contributed by atoms with Crippen molar-refractivity contribution in [3.8, 4) is 0 Å². The smallest absolute Gasteiger partial charge is 0.263 e. The number of para-hydroxylation sites is 2. The monoisotopic (exact) mass is 404 g/mol. The van der Waals surface area contributed by atoms with Crippen molar-refractivity contribution in [2.75, 3.05) is 10.0 Å². The van der Waals surface area contributed by atoms with Crippen molar-refractivity contribution in [3.63, 3.8) is 0 Å². The average Bonchev–Trinajstić information content (AvgIpc) is 2.68. The second-order valence-corrected chi connectivity index (χ2v) is 8.51. The lowest BCUT2D eigenvalue weighted by Gasteiger charge is -2.14. The van der Waals surface area contributed by atoms with Crippen LogP contribution >= 0.6 is 0 Å². The van der Waals surface area contributed by atoms with Gasteiger partial charge in [0.2, 0.25) is 0 Å². The third-order valence-corrected chi connectivity index (χ3v) is 5.69. The molecule has 1 aromatic heterocycles. The molecule has 7 heteroatoms. The highest BCUT2D eigenvalue weighted by molar-refractivity contribution is 7.92. The number of nitrogens with one attached hydrogen (secondary N) is 2. The van der Waals surface area contributed by atoms with Crippen LogP contribution < -0.4 is 10.0 Å². The molecule has 0 aliphatic rings. The molecule has 4 rings (SSSR count). The highest BCUT2D eigenvalue weighted by Crippen LogP contribution is 2.27. The zero-order chi connectivity index (χ0) is 20.4. The first-order valence-electron chi connectivity index (χ1n) is 9.11. The van der Waals surface area contributed by atoms with E-state index in [1.54, 1.807) is 24.3 Å². The molecule has 0 spiro atoms. The maximum absolute atomic E-state index is 12.8. The van der Waals surface area contributed by atoms with Gasteiger partial charge >= 0.3 is 0 Å². The van der Waals surface area contributed by atoms with E-state index in [0.29, 0.717) is 16.9 Å². The Morgan fingerprint density at radius 2 is 1.28 bits per heavy atom. The van der Waals surface area contributed by atoms with Crippen LogP contribution in [-0.2, 0) is 10.0 Å². The van der Waals surface area contributed by atoms with E-state index >= 15 is 0 Å². The van der Waals surface area contributed by atoms with E-state index < -0.39 is 10.0 Å². The lowest BCUT2D eigenvalue weighted by molar-refractivity contribution is 0.601. The molecular weight excluding hydrogens is 384 g/mol. The van der Waals surface area contributed by atoms with Crippen LogP contribution in [0.4, 0.5) is 17.3 Å². The van der Waals surface area contributed by atoms with Gasteiger partial charge in [-0.25, -0.2) is 18.4 Å². The first-order valence-corrected chi connectivity index (χ1v) is 10.6. The topological polar surface area (TPSA) is 84.0 Å². The first-order chi connectivity index (χ1) is 13.9. The highest BCUT2D eigenvalue weighted by atomic mass is 32.2. The van der Waals surface area contributed by atoms with Crippen molar-refractivity contribution < 1.29 is 8.42 Å². The molecular formula is C22H20N4O2S. The minimum Gasteiger partial charge on any atom is -0.337 e. The number of hydrogen-bond donors (Lipinski definition) is 2. The quantitative estimate of drug-likeness (QED) is 0.500. The number of aromatic nitrogens is 2. The van der Waals surface area contributed by atoms with Crippen molar-refractivity contribution in [1.29, 1.82) is 0 Å². The van der Waals surface area contributed by atoms with Crippen LogP contribution in [0.25, 0.3) is 11.0 Å². The van der Waals surface area contributed by atoms with Crippen LogP contribution in [0.15, 0.2) is 77.7 Å². The summed E-state index contributed by atoms with van der Waals surface area (Å²) >= 11 is 0. The molecule has 1 heterocycles. The molecule has 0 bridgehead atoms. The zero-order valence-electron chi connectivity index (χ0n) is 16.0. The Morgan fingerprint density at radius 1 is 0.724 bits per heavy atom. The second-order valence-electron chi connectivity index (χ2n) is 6.83. The summed E-state index contributed by atoms with van der Waals surface area (Å²) in [6.07, 6.45) is 0. The molecule has 29 heavy (non-hydrogen) atoms. The summed E-state index contributed by atoms with van der Waals surface area (Å²) in [5.74, 6) is 0.486. The van der Waals surface area contributed by atoms with Crippen molar-refractivity contribution in [2.24, 2.45) is 0 Å². The van der Waals surface area contributed by atoms with E-state index in [9.17, 15) is 8.42 Å². The molecule has 0 aliphatic heterocycles. The molecule has 0 aliphatic carbocycles. The molecule has 3 aromatic carbocycles. The Hall–Kier alpha value is -3.45. The lowest BCUT2D eigenvalue weighted by atomic mass is 10.1. The van der Waals surface area contributed by atoms with Gasteiger partial charge in [-0.2, -0.15) is 0 Å². The SMILES string of the molecule is Cc1cc(C)cc(Nc2nc3ccccc3nc2NS(=O)(=O)c2ccccc2)c1. The van der Waals surface area contributed by atoms with Crippen LogP contribution in [0.1, 0.15) is 11.1 Å². The number of fused-ring (bicyclic) bond motifs is 1. The van der Waals surface area contributed by atoms with Crippen LogP contribution in [0.3, 0.4) is 0 Å². The van der Waals surface area contributed by atoms with Crippen LogP contribution in [0.2, 0.25) is 0 Å². The van der Waals surface area contributed by atoms with Gasteiger partial charge in [-0.15, -0.1) is 0 Å². The third-order valence-electron chi connectivity index (χ3n) is 4.34. The summed E-state index contributed by atoms with van der Waals surface area (Å²) in [5, 5.41) is 3.22. The second kappa shape index (κ2) is 7.52. The molecule has 0 radical (unpaired) electrons. The largest absolute Gasteiger partial charge is 0.337 e. The molecule has 0 saturated heterocycles. The van der Waals surface area contributed by atoms with E-state index in [-0.39, 0.29) is 10.7 Å². The summed E-state index contributed by atoms with van der Waals surface area (Å²) in [6, 6.07) is 21.5. The Bertz CT molecular complexity index is 1270. The predicted octanol–water partition coefficient (Wildman–Crippen LogP) is 4.79. The fourth-order valence-corrected chi connectivity index (χ4v) is 4.16. The normalized spacial score (nSPS) is 11.4. The highest BCUT2D eigenvalue weighted by Gasteiger charge is 2.18. The maximum atomic E-state index is 12.8. The molecule has 2 N–H and O–H groups in total. The van der Waals surface area contributed by atoms with E-state index in [1.165, 1.54) is 12.1 Å². The zero-order valence-corrected chi connectivity index (χ0v) is 16.9. The van der Waals surface area contributed by atoms with E-state index in [0.717, 1.165) is 16.8 Å². The number of anilines is 3.